The van der Waals surface area contributed by atoms with E-state index in [0.29, 0.717) is 12.0 Å². The quantitative estimate of drug-likeness (QED) is 0.798. The van der Waals surface area contributed by atoms with E-state index in [2.05, 4.69) is 48.4 Å². The first kappa shape index (κ1) is 15.9. The summed E-state index contributed by atoms with van der Waals surface area (Å²) in [7, 11) is 1.77. The number of hydrogen-bond donors (Lipinski definition) is 1. The van der Waals surface area contributed by atoms with E-state index in [1.54, 1.807) is 7.11 Å². The van der Waals surface area contributed by atoms with Crippen LogP contribution in [0, 0.1) is 5.92 Å². The SMILES string of the molecule is CCCNC(CC(C)COC)c1cccc2cnccc12. The van der Waals surface area contributed by atoms with E-state index in [1.165, 1.54) is 16.3 Å². The van der Waals surface area contributed by atoms with Crippen LogP contribution in [0.25, 0.3) is 10.8 Å². The molecule has 2 atom stereocenters. The second-order valence-corrected chi connectivity index (χ2v) is 5.75. The molecule has 0 saturated carbocycles. The fraction of sp³-hybridized carbons (Fsp3) is 0.500. The van der Waals surface area contributed by atoms with Gasteiger partial charge < -0.3 is 10.1 Å². The smallest absolute Gasteiger partial charge is 0.0488 e. The van der Waals surface area contributed by atoms with Gasteiger partial charge in [0.25, 0.3) is 0 Å². The van der Waals surface area contributed by atoms with Crippen molar-refractivity contribution in [3.8, 4) is 0 Å². The minimum Gasteiger partial charge on any atom is -0.384 e. The Labute approximate surface area is 127 Å². The lowest BCUT2D eigenvalue weighted by Gasteiger charge is -2.23. The Hall–Kier alpha value is -1.45. The number of rotatable bonds is 8. The van der Waals surface area contributed by atoms with Crippen LogP contribution in [0.3, 0.4) is 0 Å². The summed E-state index contributed by atoms with van der Waals surface area (Å²) in [6.45, 7) is 6.29. The minimum absolute atomic E-state index is 0.362. The number of nitrogens with one attached hydrogen (secondary N) is 1. The van der Waals surface area contributed by atoms with Crippen LogP contribution in [-0.4, -0.2) is 25.2 Å². The van der Waals surface area contributed by atoms with E-state index in [0.717, 1.165) is 26.0 Å². The van der Waals surface area contributed by atoms with E-state index in [4.69, 9.17) is 4.74 Å². The molecule has 0 spiro atoms. The zero-order chi connectivity index (χ0) is 15.1. The van der Waals surface area contributed by atoms with Crippen LogP contribution in [0.1, 0.15) is 38.3 Å². The van der Waals surface area contributed by atoms with E-state index < -0.39 is 0 Å². The van der Waals surface area contributed by atoms with Gasteiger partial charge in [-0.1, -0.05) is 32.0 Å². The molecule has 2 unspecified atom stereocenters. The van der Waals surface area contributed by atoms with E-state index >= 15 is 0 Å². The molecule has 0 radical (unpaired) electrons. The molecule has 0 aliphatic heterocycles. The number of benzene rings is 1. The molecule has 1 N–H and O–H groups in total. The molecule has 1 heterocycles. The third-order valence-electron chi connectivity index (χ3n) is 3.82. The summed E-state index contributed by atoms with van der Waals surface area (Å²) in [4.78, 5) is 4.23. The monoisotopic (exact) mass is 286 g/mol. The number of ether oxygens (including phenoxy) is 1. The van der Waals surface area contributed by atoms with Gasteiger partial charge in [0.15, 0.2) is 0 Å². The standard InChI is InChI=1S/C18H26N2O/c1-4-9-20-18(11-14(2)13-21-3)17-7-5-6-15-12-19-10-8-16(15)17/h5-8,10,12,14,18,20H,4,9,11,13H2,1-3H3. The highest BCUT2D eigenvalue weighted by Crippen LogP contribution is 2.28. The van der Waals surface area contributed by atoms with Gasteiger partial charge in [-0.05, 0) is 42.3 Å². The molecule has 3 heteroatoms. The summed E-state index contributed by atoms with van der Waals surface area (Å²) >= 11 is 0. The molecular weight excluding hydrogens is 260 g/mol. The Kier molecular flexibility index (Phi) is 6.15. The van der Waals surface area contributed by atoms with Gasteiger partial charge in [-0.3, -0.25) is 4.98 Å². The summed E-state index contributed by atoms with van der Waals surface area (Å²) in [6, 6.07) is 8.96. The number of methoxy groups -OCH3 is 1. The highest BCUT2D eigenvalue weighted by molar-refractivity contribution is 5.85. The zero-order valence-electron chi connectivity index (χ0n) is 13.3. The number of hydrogen-bond acceptors (Lipinski definition) is 3. The van der Waals surface area contributed by atoms with E-state index in [9.17, 15) is 0 Å². The van der Waals surface area contributed by atoms with Crippen LogP contribution >= 0.6 is 0 Å². The number of nitrogens with zero attached hydrogens (tertiary/aromatic N) is 1. The largest absolute Gasteiger partial charge is 0.384 e. The molecule has 114 valence electrons. The Morgan fingerprint density at radius 2 is 2.14 bits per heavy atom. The van der Waals surface area contributed by atoms with E-state index in [-0.39, 0.29) is 0 Å². The average Bonchev–Trinajstić information content (AvgIpc) is 2.51. The van der Waals surface area contributed by atoms with Gasteiger partial charge in [0, 0.05) is 37.5 Å². The summed E-state index contributed by atoms with van der Waals surface area (Å²) in [5.41, 5.74) is 1.37. The van der Waals surface area contributed by atoms with Crippen molar-refractivity contribution in [3.63, 3.8) is 0 Å². The summed E-state index contributed by atoms with van der Waals surface area (Å²) in [5.74, 6) is 0.529. The first-order valence-corrected chi connectivity index (χ1v) is 7.81. The van der Waals surface area contributed by atoms with Crippen molar-refractivity contribution in [2.24, 2.45) is 5.92 Å². The maximum atomic E-state index is 5.29. The highest BCUT2D eigenvalue weighted by Gasteiger charge is 2.17. The molecule has 3 nitrogen and oxygen atoms in total. The Bertz CT molecular complexity index is 550. The lowest BCUT2D eigenvalue weighted by molar-refractivity contribution is 0.149. The van der Waals surface area contributed by atoms with Gasteiger partial charge in [0.2, 0.25) is 0 Å². The molecule has 1 aromatic heterocycles. The van der Waals surface area contributed by atoms with Crippen LogP contribution in [0.2, 0.25) is 0 Å². The predicted octanol–water partition coefficient (Wildman–Crippen LogP) is 3.95. The Balaban J connectivity index is 2.29. The van der Waals surface area contributed by atoms with Crippen LogP contribution in [0.15, 0.2) is 36.7 Å². The molecule has 1 aromatic carbocycles. The van der Waals surface area contributed by atoms with Gasteiger partial charge in [0.05, 0.1) is 0 Å². The summed E-state index contributed by atoms with van der Waals surface area (Å²) in [6.07, 6.45) is 6.03. The maximum absolute atomic E-state index is 5.29. The maximum Gasteiger partial charge on any atom is 0.0488 e. The second-order valence-electron chi connectivity index (χ2n) is 5.75. The normalized spacial score (nSPS) is 14.2. The van der Waals surface area contributed by atoms with Crippen LogP contribution in [0.5, 0.6) is 0 Å². The van der Waals surface area contributed by atoms with E-state index in [1.807, 2.05) is 12.4 Å². The molecule has 2 aromatic rings. The van der Waals surface area contributed by atoms with Crippen LogP contribution in [-0.2, 0) is 4.74 Å². The lowest BCUT2D eigenvalue weighted by atomic mass is 9.93. The highest BCUT2D eigenvalue weighted by atomic mass is 16.5. The minimum atomic E-state index is 0.362. The molecule has 0 saturated heterocycles. The molecule has 0 aliphatic rings. The van der Waals surface area contributed by atoms with Crippen molar-refractivity contribution >= 4 is 10.8 Å². The fourth-order valence-corrected chi connectivity index (χ4v) is 2.85. The Morgan fingerprint density at radius 3 is 2.90 bits per heavy atom. The van der Waals surface area contributed by atoms with Gasteiger partial charge in [-0.15, -0.1) is 0 Å². The Morgan fingerprint density at radius 1 is 1.29 bits per heavy atom. The first-order valence-electron chi connectivity index (χ1n) is 7.81. The predicted molar refractivity (Wildman–Crippen MR) is 88.4 cm³/mol. The number of pyridine rings is 1. The van der Waals surface area contributed by atoms with Crippen LogP contribution in [0.4, 0.5) is 0 Å². The molecule has 0 amide bonds. The molecule has 0 aliphatic carbocycles. The third kappa shape index (κ3) is 4.26. The van der Waals surface area contributed by atoms with Crippen molar-refractivity contribution in [1.82, 2.24) is 10.3 Å². The van der Waals surface area contributed by atoms with Crippen molar-refractivity contribution < 1.29 is 4.74 Å². The number of fused-ring (bicyclic) bond motifs is 1. The molecule has 2 rings (SSSR count). The molecule has 0 bridgehead atoms. The molecule has 0 fully saturated rings. The zero-order valence-corrected chi connectivity index (χ0v) is 13.3. The van der Waals surface area contributed by atoms with Crippen molar-refractivity contribution in [1.29, 1.82) is 0 Å². The second kappa shape index (κ2) is 8.11. The average molecular weight is 286 g/mol. The van der Waals surface area contributed by atoms with Crippen LogP contribution < -0.4 is 5.32 Å². The molecule has 21 heavy (non-hydrogen) atoms. The van der Waals surface area contributed by atoms with Gasteiger partial charge in [-0.2, -0.15) is 0 Å². The molecular formula is C18H26N2O. The van der Waals surface area contributed by atoms with Crippen molar-refractivity contribution in [2.75, 3.05) is 20.3 Å². The lowest BCUT2D eigenvalue weighted by Crippen LogP contribution is -2.25. The number of aromatic nitrogens is 1. The van der Waals surface area contributed by atoms with Gasteiger partial charge in [0.1, 0.15) is 0 Å². The first-order chi connectivity index (χ1) is 10.3. The summed E-state index contributed by atoms with van der Waals surface area (Å²) < 4.78 is 5.29. The third-order valence-corrected chi connectivity index (χ3v) is 3.82. The topological polar surface area (TPSA) is 34.1 Å². The summed E-state index contributed by atoms with van der Waals surface area (Å²) in [5, 5.41) is 6.19. The van der Waals surface area contributed by atoms with Gasteiger partial charge in [-0.25, -0.2) is 0 Å². The van der Waals surface area contributed by atoms with Crippen molar-refractivity contribution in [3.05, 3.63) is 42.2 Å². The fourth-order valence-electron chi connectivity index (χ4n) is 2.85. The van der Waals surface area contributed by atoms with Gasteiger partial charge >= 0.3 is 0 Å². The van der Waals surface area contributed by atoms with Crippen molar-refractivity contribution in [2.45, 2.75) is 32.7 Å².